The van der Waals surface area contributed by atoms with E-state index in [1.54, 1.807) is 18.2 Å². The van der Waals surface area contributed by atoms with Crippen LogP contribution in [0.5, 0.6) is 11.5 Å². The van der Waals surface area contributed by atoms with Crippen molar-refractivity contribution in [2.24, 2.45) is 0 Å². The molecule has 2 aromatic carbocycles. The summed E-state index contributed by atoms with van der Waals surface area (Å²) < 4.78 is 50.5. The first-order chi connectivity index (χ1) is 15.6. The highest BCUT2D eigenvalue weighted by Crippen LogP contribution is 2.31. The summed E-state index contributed by atoms with van der Waals surface area (Å²) in [5.41, 5.74) is -3.50. The molecule has 0 aliphatic rings. The average molecular weight is 459 g/mol. The van der Waals surface area contributed by atoms with E-state index in [1.165, 1.54) is 20.3 Å². The number of rotatable bonds is 4. The maximum atomic E-state index is 13.1. The van der Waals surface area contributed by atoms with Crippen LogP contribution < -0.4 is 26.2 Å². The molecular weight excluding hydrogens is 443 g/mol. The number of aromatic amines is 2. The summed E-state index contributed by atoms with van der Waals surface area (Å²) in [6.07, 6.45) is -4.64. The molecule has 0 saturated heterocycles. The lowest BCUT2D eigenvalue weighted by molar-refractivity contribution is -0.137. The molecule has 0 bridgehead atoms. The molecule has 170 valence electrons. The number of hydrogen-bond acceptors (Lipinski definition) is 6. The molecule has 0 atom stereocenters. The summed E-state index contributed by atoms with van der Waals surface area (Å²) in [5.74, 6) is 0.867. The first-order valence-corrected chi connectivity index (χ1v) is 9.38. The third kappa shape index (κ3) is 3.86. The highest BCUT2D eigenvalue weighted by atomic mass is 19.4. The van der Waals surface area contributed by atoms with Crippen molar-refractivity contribution in [2.45, 2.75) is 6.18 Å². The maximum absolute atomic E-state index is 13.1. The van der Waals surface area contributed by atoms with Gasteiger partial charge < -0.3 is 19.4 Å². The number of methoxy groups -OCH3 is 2. The molecule has 33 heavy (non-hydrogen) atoms. The van der Waals surface area contributed by atoms with Crippen LogP contribution in [-0.2, 0) is 6.18 Å². The standard InChI is InChI=1S/C21H16F3N5O4/c1-32-13-7-6-10(8-14(13)33-2)18-26-15-16(19(30)28-18)27-20(31)29(17(15)25)12-5-3-4-11(9-12)21(22,23)24/h3-9,25H,1-2H3,(H,27,31)(H,26,28,30). The summed E-state index contributed by atoms with van der Waals surface area (Å²) in [4.78, 5) is 34.3. The van der Waals surface area contributed by atoms with Gasteiger partial charge in [0.2, 0.25) is 0 Å². The second-order valence-corrected chi connectivity index (χ2v) is 6.87. The summed E-state index contributed by atoms with van der Waals surface area (Å²) in [7, 11) is 2.89. The summed E-state index contributed by atoms with van der Waals surface area (Å²) in [6.45, 7) is 0. The third-order valence-electron chi connectivity index (χ3n) is 4.89. The molecular formula is C21H16F3N5O4. The number of nitrogens with zero attached hydrogens (tertiary/aromatic N) is 2. The van der Waals surface area contributed by atoms with Gasteiger partial charge in [0.05, 0.1) is 25.5 Å². The van der Waals surface area contributed by atoms with Crippen LogP contribution in [0, 0.1) is 5.41 Å². The molecule has 0 unspecified atom stereocenters. The highest BCUT2D eigenvalue weighted by Gasteiger charge is 2.30. The van der Waals surface area contributed by atoms with Crippen molar-refractivity contribution in [1.82, 2.24) is 19.5 Å². The van der Waals surface area contributed by atoms with Crippen molar-refractivity contribution in [2.75, 3.05) is 14.2 Å². The van der Waals surface area contributed by atoms with Crippen LogP contribution >= 0.6 is 0 Å². The van der Waals surface area contributed by atoms with Crippen molar-refractivity contribution < 1.29 is 22.6 Å². The number of hydrogen-bond donors (Lipinski definition) is 3. The normalized spacial score (nSPS) is 11.5. The molecule has 0 saturated carbocycles. The molecule has 0 amide bonds. The van der Waals surface area contributed by atoms with E-state index in [0.29, 0.717) is 21.6 Å². The monoisotopic (exact) mass is 459 g/mol. The lowest BCUT2D eigenvalue weighted by Crippen LogP contribution is -2.36. The Labute approximate surface area is 182 Å². The van der Waals surface area contributed by atoms with E-state index < -0.39 is 28.5 Å². The van der Waals surface area contributed by atoms with E-state index in [9.17, 15) is 22.8 Å². The van der Waals surface area contributed by atoms with Crippen LogP contribution in [0.4, 0.5) is 13.2 Å². The van der Waals surface area contributed by atoms with Crippen molar-refractivity contribution >= 4 is 11.0 Å². The number of halogens is 3. The first kappa shape index (κ1) is 21.9. The predicted octanol–water partition coefficient (Wildman–Crippen LogP) is 2.58. The van der Waals surface area contributed by atoms with Gasteiger partial charge in [-0.1, -0.05) is 6.07 Å². The number of aromatic nitrogens is 4. The molecule has 4 rings (SSSR count). The molecule has 3 N–H and O–H groups in total. The molecule has 4 aromatic rings. The van der Waals surface area contributed by atoms with Gasteiger partial charge in [-0.05, 0) is 36.4 Å². The Hall–Kier alpha value is -4.35. The Bertz CT molecular complexity index is 1550. The fraction of sp³-hybridized carbons (Fsp3) is 0.143. The average Bonchev–Trinajstić information content (AvgIpc) is 2.79. The van der Waals surface area contributed by atoms with Crippen LogP contribution in [0.3, 0.4) is 0 Å². The topological polar surface area (TPSA) is 126 Å². The summed E-state index contributed by atoms with van der Waals surface area (Å²) >= 11 is 0. The Morgan fingerprint density at radius 3 is 2.39 bits per heavy atom. The number of nitrogens with one attached hydrogen (secondary N) is 3. The van der Waals surface area contributed by atoms with E-state index in [1.807, 2.05) is 0 Å². The number of fused-ring (bicyclic) bond motifs is 1. The van der Waals surface area contributed by atoms with Crippen LogP contribution in [-0.4, -0.2) is 33.7 Å². The zero-order valence-corrected chi connectivity index (χ0v) is 17.2. The second-order valence-electron chi connectivity index (χ2n) is 6.87. The van der Waals surface area contributed by atoms with Gasteiger partial charge in [-0.2, -0.15) is 13.2 Å². The predicted molar refractivity (Wildman–Crippen MR) is 112 cm³/mol. The molecule has 2 aromatic heterocycles. The minimum absolute atomic E-state index is 0.0598. The molecule has 9 nitrogen and oxygen atoms in total. The van der Waals surface area contributed by atoms with E-state index >= 15 is 0 Å². The minimum atomic E-state index is -4.64. The molecule has 12 heteroatoms. The second kappa shape index (κ2) is 7.97. The van der Waals surface area contributed by atoms with Crippen molar-refractivity contribution in [1.29, 1.82) is 5.41 Å². The van der Waals surface area contributed by atoms with E-state index in [4.69, 9.17) is 14.9 Å². The van der Waals surface area contributed by atoms with E-state index in [0.717, 1.165) is 18.2 Å². The zero-order valence-electron chi connectivity index (χ0n) is 17.2. The van der Waals surface area contributed by atoms with Crippen LogP contribution in [0.25, 0.3) is 28.1 Å². The minimum Gasteiger partial charge on any atom is -0.493 e. The molecule has 0 spiro atoms. The molecule has 0 radical (unpaired) electrons. The Kier molecular flexibility index (Phi) is 5.28. The van der Waals surface area contributed by atoms with Crippen LogP contribution in [0.15, 0.2) is 52.1 Å². The number of ether oxygens (including phenoxy) is 2. The summed E-state index contributed by atoms with van der Waals surface area (Å²) in [6, 6.07) is 8.70. The molecule has 0 fully saturated rings. The first-order valence-electron chi connectivity index (χ1n) is 9.38. The lowest BCUT2D eigenvalue weighted by Gasteiger charge is -2.12. The fourth-order valence-corrected chi connectivity index (χ4v) is 3.32. The summed E-state index contributed by atoms with van der Waals surface area (Å²) in [5, 5.41) is 8.44. The highest BCUT2D eigenvalue weighted by molar-refractivity contribution is 5.75. The SMILES string of the molecule is COc1ccc(-c2nc3c(=N)n(-c4cccc(C(F)(F)F)c4)c(=O)[nH]c3c(=O)[nH]2)cc1OC. The fourth-order valence-electron chi connectivity index (χ4n) is 3.32. The van der Waals surface area contributed by atoms with Gasteiger partial charge in [0.15, 0.2) is 17.0 Å². The molecule has 0 aliphatic carbocycles. The van der Waals surface area contributed by atoms with E-state index in [2.05, 4.69) is 15.0 Å². The number of benzene rings is 2. The van der Waals surface area contributed by atoms with Crippen molar-refractivity contribution in [3.63, 3.8) is 0 Å². The largest absolute Gasteiger partial charge is 0.493 e. The van der Waals surface area contributed by atoms with Crippen LogP contribution in [0.2, 0.25) is 0 Å². The van der Waals surface area contributed by atoms with Gasteiger partial charge in [-0.25, -0.2) is 14.3 Å². The zero-order chi connectivity index (χ0) is 23.9. The van der Waals surface area contributed by atoms with Crippen LogP contribution in [0.1, 0.15) is 5.56 Å². The maximum Gasteiger partial charge on any atom is 0.416 e. The molecule has 0 aliphatic heterocycles. The smallest absolute Gasteiger partial charge is 0.416 e. The van der Waals surface area contributed by atoms with Gasteiger partial charge in [0.25, 0.3) is 5.56 Å². The Balaban J connectivity index is 1.97. The van der Waals surface area contributed by atoms with Gasteiger partial charge in [-0.15, -0.1) is 0 Å². The number of alkyl halides is 3. The quantitative estimate of drug-likeness (QED) is 0.433. The van der Waals surface area contributed by atoms with Gasteiger partial charge >= 0.3 is 11.9 Å². The number of H-pyrrole nitrogens is 2. The Morgan fingerprint density at radius 2 is 1.73 bits per heavy atom. The Morgan fingerprint density at radius 1 is 1.00 bits per heavy atom. The van der Waals surface area contributed by atoms with Crippen molar-refractivity contribution in [3.05, 3.63) is 74.4 Å². The van der Waals surface area contributed by atoms with Gasteiger partial charge in [0.1, 0.15) is 16.9 Å². The van der Waals surface area contributed by atoms with Crippen molar-refractivity contribution in [3.8, 4) is 28.6 Å². The third-order valence-corrected chi connectivity index (χ3v) is 4.89. The van der Waals surface area contributed by atoms with Gasteiger partial charge in [0, 0.05) is 5.56 Å². The van der Waals surface area contributed by atoms with E-state index in [-0.39, 0.29) is 22.5 Å². The molecule has 2 heterocycles. The lowest BCUT2D eigenvalue weighted by atomic mass is 10.2. The van der Waals surface area contributed by atoms with Gasteiger partial charge in [-0.3, -0.25) is 10.2 Å².